The second kappa shape index (κ2) is 3.95. The van der Waals surface area contributed by atoms with Gasteiger partial charge in [-0.2, -0.15) is 0 Å². The normalized spacial score (nSPS) is 17.0. The van der Waals surface area contributed by atoms with E-state index in [4.69, 9.17) is 13.6 Å². The van der Waals surface area contributed by atoms with Gasteiger partial charge in [-0.25, -0.2) is 0 Å². The maximum absolute atomic E-state index is 5.92. The Balaban J connectivity index is 2.24. The number of nitrogens with zero attached hydrogens (tertiary/aromatic N) is 1. The number of hydrogen-bond donors (Lipinski definition) is 1. The third-order valence-corrected chi connectivity index (χ3v) is 2.75. The predicted molar refractivity (Wildman–Crippen MR) is 62.3 cm³/mol. The van der Waals surface area contributed by atoms with Gasteiger partial charge in [0.2, 0.25) is 0 Å². The first-order valence-electron chi connectivity index (χ1n) is 5.17. The van der Waals surface area contributed by atoms with Crippen LogP contribution in [0.5, 0.6) is 0 Å². The van der Waals surface area contributed by atoms with Gasteiger partial charge in [0.15, 0.2) is 0 Å². The van der Waals surface area contributed by atoms with Gasteiger partial charge < -0.3 is 10.6 Å². The molecule has 0 spiro atoms. The Morgan fingerprint density at radius 2 is 1.86 bits per heavy atom. The first kappa shape index (κ1) is 9.44. The van der Waals surface area contributed by atoms with Crippen molar-refractivity contribution in [2.24, 2.45) is 0 Å². The molecule has 0 amide bonds. The lowest BCUT2D eigenvalue weighted by molar-refractivity contribution is 0.578. The summed E-state index contributed by atoms with van der Waals surface area (Å²) in [6.45, 7) is 2.21. The van der Waals surface area contributed by atoms with Gasteiger partial charge in [0.1, 0.15) is 7.85 Å². The summed E-state index contributed by atoms with van der Waals surface area (Å²) in [6, 6.07) is 5.71. The third kappa shape index (κ3) is 1.86. The lowest BCUT2D eigenvalue weighted by Gasteiger charge is -2.30. The highest BCUT2D eigenvalue weighted by atomic mass is 15.1. The van der Waals surface area contributed by atoms with Crippen LogP contribution < -0.4 is 16.1 Å². The van der Waals surface area contributed by atoms with Crippen LogP contribution in [0.4, 0.5) is 11.4 Å². The minimum atomic E-state index is 0.791. The van der Waals surface area contributed by atoms with E-state index in [1.165, 1.54) is 19.3 Å². The molecule has 2 rings (SSSR count). The molecule has 2 nitrogen and oxygen atoms in total. The van der Waals surface area contributed by atoms with Gasteiger partial charge in [-0.1, -0.05) is 11.5 Å². The molecule has 72 valence electrons. The highest BCUT2D eigenvalue weighted by Crippen LogP contribution is 2.24. The molecule has 0 aromatic heterocycles. The summed E-state index contributed by atoms with van der Waals surface area (Å²) < 4.78 is 0. The quantitative estimate of drug-likeness (QED) is 0.524. The summed E-state index contributed by atoms with van der Waals surface area (Å²) in [5.74, 6) is 0. The van der Waals surface area contributed by atoms with E-state index in [1.54, 1.807) is 0 Å². The molecule has 3 heteroatoms. The monoisotopic (exact) mass is 186 g/mol. The molecule has 0 saturated carbocycles. The molecule has 0 bridgehead atoms. The molecular formula is C11H15BN2. The number of anilines is 2. The van der Waals surface area contributed by atoms with Crippen LogP contribution in [0.15, 0.2) is 18.2 Å². The van der Waals surface area contributed by atoms with E-state index in [1.807, 2.05) is 18.2 Å². The van der Waals surface area contributed by atoms with E-state index in [2.05, 4.69) is 4.90 Å². The summed E-state index contributed by atoms with van der Waals surface area (Å²) in [7, 11) is 5.75. The van der Waals surface area contributed by atoms with Gasteiger partial charge in [-0.15, -0.1) is 0 Å². The molecule has 1 aromatic carbocycles. The number of nitrogen functional groups attached to an aromatic ring is 1. The van der Waals surface area contributed by atoms with Crippen molar-refractivity contribution < 1.29 is 0 Å². The van der Waals surface area contributed by atoms with Crippen LogP contribution in [0.1, 0.15) is 19.3 Å². The van der Waals surface area contributed by atoms with E-state index >= 15 is 0 Å². The summed E-state index contributed by atoms with van der Waals surface area (Å²) in [6.07, 6.45) is 3.85. The fourth-order valence-electron chi connectivity index (χ4n) is 1.97. The molecule has 2 radical (unpaired) electrons. The van der Waals surface area contributed by atoms with Gasteiger partial charge in [-0.05, 0) is 31.4 Å². The van der Waals surface area contributed by atoms with Crippen LogP contribution in [0.25, 0.3) is 0 Å². The standard InChI is InChI=1S/C11H15BN2/c12-9-4-5-10(13)11(8-9)14-6-2-1-3-7-14/h4-5,8H,1-3,6-7,13H2. The number of piperidine rings is 1. The summed E-state index contributed by atoms with van der Waals surface area (Å²) >= 11 is 0. The van der Waals surface area contributed by atoms with Gasteiger partial charge in [-0.3, -0.25) is 0 Å². The van der Waals surface area contributed by atoms with E-state index in [0.717, 1.165) is 29.9 Å². The van der Waals surface area contributed by atoms with Crippen molar-refractivity contribution in [1.29, 1.82) is 0 Å². The van der Waals surface area contributed by atoms with Crippen molar-refractivity contribution in [1.82, 2.24) is 0 Å². The molecule has 14 heavy (non-hydrogen) atoms. The van der Waals surface area contributed by atoms with Crippen molar-refractivity contribution in [2.75, 3.05) is 23.7 Å². The molecule has 1 aliphatic heterocycles. The lowest BCUT2D eigenvalue weighted by atomic mass is 9.94. The molecule has 1 fully saturated rings. The zero-order valence-electron chi connectivity index (χ0n) is 8.37. The largest absolute Gasteiger partial charge is 0.397 e. The predicted octanol–water partition coefficient (Wildman–Crippen LogP) is 1.05. The third-order valence-electron chi connectivity index (χ3n) is 2.75. The van der Waals surface area contributed by atoms with E-state index in [0.29, 0.717) is 0 Å². The molecule has 1 heterocycles. The van der Waals surface area contributed by atoms with Crippen LogP contribution in [0.2, 0.25) is 0 Å². The molecule has 2 N–H and O–H groups in total. The Morgan fingerprint density at radius 3 is 2.57 bits per heavy atom. The maximum Gasteiger partial charge on any atom is 0.113 e. The topological polar surface area (TPSA) is 29.3 Å². The van der Waals surface area contributed by atoms with Crippen LogP contribution in [-0.2, 0) is 0 Å². The Hall–Kier alpha value is -1.12. The van der Waals surface area contributed by atoms with E-state index < -0.39 is 0 Å². The van der Waals surface area contributed by atoms with Crippen molar-refractivity contribution in [3.8, 4) is 0 Å². The smallest absolute Gasteiger partial charge is 0.113 e. The van der Waals surface area contributed by atoms with Crippen molar-refractivity contribution in [3.63, 3.8) is 0 Å². The minimum Gasteiger partial charge on any atom is -0.397 e. The zero-order valence-corrected chi connectivity index (χ0v) is 8.37. The number of nitrogens with two attached hydrogens (primary N) is 1. The highest BCUT2D eigenvalue weighted by molar-refractivity contribution is 6.32. The molecule has 0 unspecified atom stereocenters. The molecule has 1 aliphatic rings. The van der Waals surface area contributed by atoms with Gasteiger partial charge in [0, 0.05) is 13.1 Å². The molecule has 1 saturated heterocycles. The molecule has 0 aliphatic carbocycles. The number of rotatable bonds is 1. The Bertz CT molecular complexity index is 319. The van der Waals surface area contributed by atoms with Gasteiger partial charge in [0.05, 0.1) is 11.4 Å². The van der Waals surface area contributed by atoms with Crippen molar-refractivity contribution in [2.45, 2.75) is 19.3 Å². The van der Waals surface area contributed by atoms with Crippen molar-refractivity contribution in [3.05, 3.63) is 18.2 Å². The first-order valence-corrected chi connectivity index (χ1v) is 5.17. The first-order chi connectivity index (χ1) is 6.77. The lowest BCUT2D eigenvalue weighted by Crippen LogP contribution is -2.30. The SMILES string of the molecule is [B]c1ccc(N)c(N2CCCCC2)c1. The van der Waals surface area contributed by atoms with Crippen molar-refractivity contribution >= 4 is 24.7 Å². The van der Waals surface area contributed by atoms with E-state index in [9.17, 15) is 0 Å². The molecule has 0 atom stereocenters. The van der Waals surface area contributed by atoms with Crippen LogP contribution in [-0.4, -0.2) is 20.9 Å². The fraction of sp³-hybridized carbons (Fsp3) is 0.455. The Kier molecular flexibility index (Phi) is 2.66. The Morgan fingerprint density at radius 1 is 1.14 bits per heavy atom. The second-order valence-electron chi connectivity index (χ2n) is 3.87. The van der Waals surface area contributed by atoms with Gasteiger partial charge in [0.25, 0.3) is 0 Å². The summed E-state index contributed by atoms with van der Waals surface area (Å²) in [5, 5.41) is 0. The van der Waals surface area contributed by atoms with E-state index in [-0.39, 0.29) is 0 Å². The average Bonchev–Trinajstić information content (AvgIpc) is 2.23. The summed E-state index contributed by atoms with van der Waals surface area (Å²) in [5.41, 5.74) is 8.65. The molecular weight excluding hydrogens is 171 g/mol. The summed E-state index contributed by atoms with van der Waals surface area (Å²) in [4.78, 5) is 2.33. The molecule has 1 aromatic rings. The number of benzene rings is 1. The average molecular weight is 186 g/mol. The zero-order chi connectivity index (χ0) is 9.97. The fourth-order valence-corrected chi connectivity index (χ4v) is 1.97. The van der Waals surface area contributed by atoms with Crippen LogP contribution in [0, 0.1) is 0 Å². The van der Waals surface area contributed by atoms with Crippen LogP contribution in [0.3, 0.4) is 0 Å². The highest BCUT2D eigenvalue weighted by Gasteiger charge is 2.12. The number of hydrogen-bond acceptors (Lipinski definition) is 2. The Labute approximate surface area is 86.5 Å². The van der Waals surface area contributed by atoms with Gasteiger partial charge >= 0.3 is 0 Å². The maximum atomic E-state index is 5.92. The van der Waals surface area contributed by atoms with Crippen LogP contribution >= 0.6 is 0 Å². The minimum absolute atomic E-state index is 0.791. The second-order valence-corrected chi connectivity index (χ2v) is 3.87.